The van der Waals surface area contributed by atoms with Crippen LogP contribution in [-0.2, 0) is 0 Å². The van der Waals surface area contributed by atoms with Crippen LogP contribution in [0.25, 0.3) is 0 Å². The van der Waals surface area contributed by atoms with E-state index in [9.17, 15) is 0 Å². The molecule has 0 fully saturated rings. The van der Waals surface area contributed by atoms with Crippen molar-refractivity contribution in [3.8, 4) is 0 Å². The van der Waals surface area contributed by atoms with Crippen LogP contribution in [0.5, 0.6) is 0 Å². The van der Waals surface area contributed by atoms with Gasteiger partial charge in [0.2, 0.25) is 0 Å². The Morgan fingerprint density at radius 1 is 1.18 bits per heavy atom. The van der Waals surface area contributed by atoms with E-state index < -0.39 is 0 Å². The van der Waals surface area contributed by atoms with Crippen LogP contribution in [0.1, 0.15) is 32.6 Å². The first kappa shape index (κ1) is 12.0. The third-order valence-corrected chi connectivity index (χ3v) is 3.33. The van der Waals surface area contributed by atoms with Crippen LogP contribution in [0.4, 0.5) is 0 Å². The molecule has 11 heavy (non-hydrogen) atoms. The fraction of sp³-hybridized carbons (Fsp3) is 1.00. The molecule has 0 aliphatic carbocycles. The molecule has 0 aromatic heterocycles. The third kappa shape index (κ3) is 11.0. The lowest BCUT2D eigenvalue weighted by Gasteiger charge is -2.00. The molecule has 0 bridgehead atoms. The summed E-state index contributed by atoms with van der Waals surface area (Å²) in [5, 5.41) is 0. The number of alkyl halides is 2. The minimum absolute atomic E-state index is 0.147. The Balaban J connectivity index is 2.80. The maximum atomic E-state index is 5.59. The zero-order valence-electron chi connectivity index (χ0n) is 7.08. The number of hydrogen-bond donors (Lipinski definition) is 0. The molecule has 0 aliphatic heterocycles. The first-order chi connectivity index (χ1) is 5.27. The Morgan fingerprint density at radius 3 is 2.36 bits per heavy atom. The molecular formula is C8H17Cl2P. The summed E-state index contributed by atoms with van der Waals surface area (Å²) in [7, 11) is 1.12. The molecular weight excluding hydrogens is 198 g/mol. The van der Waals surface area contributed by atoms with Gasteiger partial charge in [-0.05, 0) is 31.6 Å². The van der Waals surface area contributed by atoms with Crippen molar-refractivity contribution in [2.24, 2.45) is 0 Å². The van der Waals surface area contributed by atoms with E-state index in [1.54, 1.807) is 0 Å². The Labute approximate surface area is 81.8 Å². The van der Waals surface area contributed by atoms with E-state index in [2.05, 4.69) is 6.92 Å². The lowest BCUT2D eigenvalue weighted by molar-refractivity contribution is 0.857. The van der Waals surface area contributed by atoms with Gasteiger partial charge in [-0.2, -0.15) is 0 Å². The summed E-state index contributed by atoms with van der Waals surface area (Å²) < 4.78 is 0. The van der Waals surface area contributed by atoms with Gasteiger partial charge in [0.25, 0.3) is 0 Å². The summed E-state index contributed by atoms with van der Waals surface area (Å²) in [6.45, 7) is 2.23. The third-order valence-electron chi connectivity index (χ3n) is 1.48. The van der Waals surface area contributed by atoms with Crippen LogP contribution in [-0.4, -0.2) is 17.2 Å². The molecule has 0 saturated carbocycles. The van der Waals surface area contributed by atoms with Crippen LogP contribution in [0, 0.1) is 0 Å². The molecule has 68 valence electrons. The molecule has 3 heteroatoms. The van der Waals surface area contributed by atoms with Crippen LogP contribution < -0.4 is 0 Å². The van der Waals surface area contributed by atoms with Crippen LogP contribution >= 0.6 is 31.8 Å². The SMILES string of the molecule is CCCCPCCCC(Cl)Cl. The highest BCUT2D eigenvalue weighted by atomic mass is 35.5. The fourth-order valence-electron chi connectivity index (χ4n) is 0.808. The van der Waals surface area contributed by atoms with Gasteiger partial charge >= 0.3 is 0 Å². The van der Waals surface area contributed by atoms with Crippen molar-refractivity contribution in [3.63, 3.8) is 0 Å². The van der Waals surface area contributed by atoms with E-state index in [1.165, 1.54) is 31.6 Å². The topological polar surface area (TPSA) is 0 Å². The average Bonchev–Trinajstić information content (AvgIpc) is 1.96. The lowest BCUT2D eigenvalue weighted by atomic mass is 10.4. The smallest absolute Gasteiger partial charge is 0.107 e. The highest BCUT2D eigenvalue weighted by Gasteiger charge is 1.96. The van der Waals surface area contributed by atoms with E-state index in [1.807, 2.05) is 0 Å². The first-order valence-corrected chi connectivity index (χ1v) is 6.55. The van der Waals surface area contributed by atoms with Crippen molar-refractivity contribution in [2.45, 2.75) is 37.4 Å². The van der Waals surface area contributed by atoms with Gasteiger partial charge in [0.15, 0.2) is 0 Å². The van der Waals surface area contributed by atoms with Crippen molar-refractivity contribution in [3.05, 3.63) is 0 Å². The van der Waals surface area contributed by atoms with Gasteiger partial charge < -0.3 is 0 Å². The molecule has 0 amide bonds. The molecule has 0 aliphatic rings. The van der Waals surface area contributed by atoms with Crippen molar-refractivity contribution in [1.29, 1.82) is 0 Å². The molecule has 0 aromatic carbocycles. The zero-order chi connectivity index (χ0) is 8.53. The Hall–Kier alpha value is 1.01. The molecule has 0 saturated heterocycles. The maximum Gasteiger partial charge on any atom is 0.107 e. The standard InChI is InChI=1S/C8H17Cl2P/c1-2-3-6-11-7-4-5-8(9)10/h8,11H,2-7H2,1H3. The van der Waals surface area contributed by atoms with Gasteiger partial charge in [0.1, 0.15) is 4.84 Å². The molecule has 0 rings (SSSR count). The Kier molecular flexibility index (Phi) is 9.94. The minimum Gasteiger partial charge on any atom is -0.122 e. The van der Waals surface area contributed by atoms with E-state index >= 15 is 0 Å². The lowest BCUT2D eigenvalue weighted by Crippen LogP contribution is -1.88. The first-order valence-electron chi connectivity index (χ1n) is 4.26. The van der Waals surface area contributed by atoms with Gasteiger partial charge in [0, 0.05) is 0 Å². The number of unbranched alkanes of at least 4 members (excludes halogenated alkanes) is 1. The predicted octanol–water partition coefficient (Wildman–Crippen LogP) is 4.05. The number of halogens is 2. The van der Waals surface area contributed by atoms with Gasteiger partial charge in [-0.25, -0.2) is 0 Å². The molecule has 0 radical (unpaired) electrons. The molecule has 0 N–H and O–H groups in total. The second kappa shape index (κ2) is 9.10. The highest BCUT2D eigenvalue weighted by Crippen LogP contribution is 2.17. The number of rotatable bonds is 7. The van der Waals surface area contributed by atoms with Gasteiger partial charge in [-0.3, -0.25) is 0 Å². The van der Waals surface area contributed by atoms with Crippen LogP contribution in [0.2, 0.25) is 0 Å². The predicted molar refractivity (Wildman–Crippen MR) is 57.7 cm³/mol. The van der Waals surface area contributed by atoms with E-state index in [4.69, 9.17) is 23.2 Å². The van der Waals surface area contributed by atoms with E-state index in [0.29, 0.717) is 0 Å². The monoisotopic (exact) mass is 214 g/mol. The summed E-state index contributed by atoms with van der Waals surface area (Å²) in [6.07, 6.45) is 7.56. The summed E-state index contributed by atoms with van der Waals surface area (Å²) in [5.74, 6) is 0. The Morgan fingerprint density at radius 2 is 1.82 bits per heavy atom. The van der Waals surface area contributed by atoms with Gasteiger partial charge in [-0.15, -0.1) is 31.8 Å². The molecule has 0 aromatic rings. The quantitative estimate of drug-likeness (QED) is 0.341. The van der Waals surface area contributed by atoms with Crippen molar-refractivity contribution < 1.29 is 0 Å². The summed E-state index contributed by atoms with van der Waals surface area (Å²) in [4.78, 5) is -0.147. The fourth-order valence-corrected chi connectivity index (χ4v) is 2.42. The maximum absolute atomic E-state index is 5.59. The zero-order valence-corrected chi connectivity index (χ0v) is 9.59. The van der Waals surface area contributed by atoms with E-state index in [0.717, 1.165) is 15.0 Å². The van der Waals surface area contributed by atoms with Gasteiger partial charge in [0.05, 0.1) is 0 Å². The number of hydrogen-bond acceptors (Lipinski definition) is 0. The largest absolute Gasteiger partial charge is 0.122 e. The van der Waals surface area contributed by atoms with Crippen molar-refractivity contribution >= 4 is 31.8 Å². The Bertz CT molecular complexity index is 76.5. The summed E-state index contributed by atoms with van der Waals surface area (Å²) in [5.41, 5.74) is 0. The highest BCUT2D eigenvalue weighted by molar-refractivity contribution is 7.37. The second-order valence-electron chi connectivity index (χ2n) is 2.64. The molecule has 0 spiro atoms. The van der Waals surface area contributed by atoms with Crippen LogP contribution in [0.15, 0.2) is 0 Å². The molecule has 1 unspecified atom stereocenters. The van der Waals surface area contributed by atoms with Crippen LogP contribution in [0.3, 0.4) is 0 Å². The van der Waals surface area contributed by atoms with Gasteiger partial charge in [-0.1, -0.05) is 13.3 Å². The summed E-state index contributed by atoms with van der Waals surface area (Å²) >= 11 is 11.2. The van der Waals surface area contributed by atoms with Crippen molar-refractivity contribution in [2.75, 3.05) is 12.3 Å². The summed E-state index contributed by atoms with van der Waals surface area (Å²) in [6, 6.07) is 0. The second-order valence-corrected chi connectivity index (χ2v) is 5.41. The molecule has 0 heterocycles. The van der Waals surface area contributed by atoms with E-state index in [-0.39, 0.29) is 4.84 Å². The molecule has 0 nitrogen and oxygen atoms in total. The average molecular weight is 215 g/mol. The van der Waals surface area contributed by atoms with Crippen molar-refractivity contribution in [1.82, 2.24) is 0 Å². The minimum atomic E-state index is -0.147. The molecule has 1 atom stereocenters. The normalized spacial score (nSPS) is 12.0.